The van der Waals surface area contributed by atoms with Crippen LogP contribution in [0.15, 0.2) is 66.4 Å². The number of ether oxygens (including phenoxy) is 1. The molecule has 1 N–H and O–H groups in total. The van der Waals surface area contributed by atoms with E-state index in [1.165, 1.54) is 5.56 Å². The summed E-state index contributed by atoms with van der Waals surface area (Å²) in [5, 5.41) is 12.6. The lowest BCUT2D eigenvalue weighted by atomic mass is 9.90. The molecule has 2 aromatic rings. The van der Waals surface area contributed by atoms with Crippen molar-refractivity contribution in [1.29, 1.82) is 5.26 Å². The van der Waals surface area contributed by atoms with E-state index in [2.05, 4.69) is 35.7 Å². The molecule has 1 heterocycles. The second kappa shape index (κ2) is 11.1. The Kier molecular flexibility index (Phi) is 7.91. The second-order valence-corrected chi connectivity index (χ2v) is 7.61. The number of benzene rings is 2. The number of hydrogen-bond donors (Lipinski definition) is 1. The maximum atomic E-state index is 12.7. The van der Waals surface area contributed by atoms with Gasteiger partial charge in [-0.25, -0.2) is 0 Å². The predicted octanol–water partition coefficient (Wildman–Crippen LogP) is 3.72. The van der Waals surface area contributed by atoms with Gasteiger partial charge in [-0.3, -0.25) is 4.79 Å². The summed E-state index contributed by atoms with van der Waals surface area (Å²) in [4.78, 5) is 14.5. The Morgan fingerprint density at radius 2 is 1.87 bits per heavy atom. The van der Waals surface area contributed by atoms with Crippen molar-refractivity contribution in [1.82, 2.24) is 10.2 Å². The zero-order valence-corrected chi connectivity index (χ0v) is 17.5. The number of likely N-dealkylation sites (tertiary alicyclic amines) is 1. The van der Waals surface area contributed by atoms with Gasteiger partial charge in [0, 0.05) is 25.8 Å². The first kappa shape index (κ1) is 21.4. The number of nitrogens with one attached hydrogen (secondary N) is 1. The van der Waals surface area contributed by atoms with Crippen LogP contribution in [-0.4, -0.2) is 37.6 Å². The molecule has 0 saturated carbocycles. The third kappa shape index (κ3) is 5.87. The maximum Gasteiger partial charge on any atom is 0.265 e. The van der Waals surface area contributed by atoms with E-state index in [9.17, 15) is 10.1 Å². The first-order valence-electron chi connectivity index (χ1n) is 10.5. The summed E-state index contributed by atoms with van der Waals surface area (Å²) in [6, 6.07) is 20.4. The Bertz CT molecular complexity index is 894. The van der Waals surface area contributed by atoms with Crippen molar-refractivity contribution in [2.45, 2.75) is 25.7 Å². The molecule has 1 aliphatic rings. The molecular formula is C25H29N3O2. The van der Waals surface area contributed by atoms with E-state index in [4.69, 9.17) is 4.74 Å². The van der Waals surface area contributed by atoms with Gasteiger partial charge in [-0.15, -0.1) is 0 Å². The largest absolute Gasteiger partial charge is 0.496 e. The molecule has 0 unspecified atom stereocenters. The summed E-state index contributed by atoms with van der Waals surface area (Å²) in [5.74, 6) is 1.25. The smallest absolute Gasteiger partial charge is 0.265 e. The molecule has 0 spiro atoms. The predicted molar refractivity (Wildman–Crippen MR) is 118 cm³/mol. The Morgan fingerprint density at radius 1 is 1.17 bits per heavy atom. The summed E-state index contributed by atoms with van der Waals surface area (Å²) in [6.07, 6.45) is 5.29. The van der Waals surface area contributed by atoms with Crippen molar-refractivity contribution < 1.29 is 9.53 Å². The average Bonchev–Trinajstić information content (AvgIpc) is 2.80. The highest BCUT2D eigenvalue weighted by Gasteiger charge is 2.25. The van der Waals surface area contributed by atoms with E-state index in [-0.39, 0.29) is 11.5 Å². The zero-order chi connectivity index (χ0) is 21.2. The molecule has 2 aromatic carbocycles. The number of hydrogen-bond acceptors (Lipinski definition) is 4. The lowest BCUT2D eigenvalue weighted by Gasteiger charge is -2.32. The Balaban J connectivity index is 1.47. The molecule has 30 heavy (non-hydrogen) atoms. The van der Waals surface area contributed by atoms with Crippen molar-refractivity contribution in [3.63, 3.8) is 0 Å². The zero-order valence-electron chi connectivity index (χ0n) is 17.5. The van der Waals surface area contributed by atoms with E-state index in [1.54, 1.807) is 18.2 Å². The number of para-hydroxylation sites is 1. The van der Waals surface area contributed by atoms with Gasteiger partial charge in [0.25, 0.3) is 5.91 Å². The minimum absolute atomic E-state index is 0.163. The Labute approximate surface area is 179 Å². The van der Waals surface area contributed by atoms with Gasteiger partial charge >= 0.3 is 0 Å². The lowest BCUT2D eigenvalue weighted by molar-refractivity contribution is -0.128. The number of nitriles is 1. The highest BCUT2D eigenvalue weighted by atomic mass is 16.5. The quantitative estimate of drug-likeness (QED) is 0.415. The number of carbonyl (C=O) groups is 1. The van der Waals surface area contributed by atoms with Crippen LogP contribution in [0.1, 0.15) is 24.0 Å². The van der Waals surface area contributed by atoms with Crippen LogP contribution in [0.5, 0.6) is 5.75 Å². The van der Waals surface area contributed by atoms with Crippen molar-refractivity contribution in [2.75, 3.05) is 26.7 Å². The second-order valence-electron chi connectivity index (χ2n) is 7.61. The van der Waals surface area contributed by atoms with Gasteiger partial charge in [-0.2, -0.15) is 5.26 Å². The van der Waals surface area contributed by atoms with Gasteiger partial charge in [-0.1, -0.05) is 48.5 Å². The van der Waals surface area contributed by atoms with Gasteiger partial charge in [0.05, 0.1) is 7.11 Å². The maximum absolute atomic E-state index is 12.7. The van der Waals surface area contributed by atoms with Crippen molar-refractivity contribution in [3.8, 4) is 11.8 Å². The van der Waals surface area contributed by atoms with Crippen LogP contribution in [0.4, 0.5) is 0 Å². The van der Waals surface area contributed by atoms with Crippen molar-refractivity contribution >= 4 is 5.91 Å². The summed E-state index contributed by atoms with van der Waals surface area (Å²) in [5.41, 5.74) is 2.60. The minimum Gasteiger partial charge on any atom is -0.496 e. The topological polar surface area (TPSA) is 65.4 Å². The standard InChI is InChI=1S/C25H29N3O2/c1-30-24-10-6-5-9-22(24)11-14-27-19-23(18-26)25(29)28-15-12-21(13-16-28)17-20-7-3-2-4-8-20/h2-10,19,21,27H,11-17H2,1H3/b23-19-. The molecule has 0 atom stereocenters. The summed E-state index contributed by atoms with van der Waals surface area (Å²) < 4.78 is 5.35. The molecule has 1 fully saturated rings. The molecule has 1 amide bonds. The van der Waals surface area contributed by atoms with Crippen molar-refractivity contribution in [3.05, 3.63) is 77.5 Å². The molecular weight excluding hydrogens is 374 g/mol. The molecule has 0 radical (unpaired) electrons. The number of amides is 1. The normalized spacial score (nSPS) is 14.8. The molecule has 1 saturated heterocycles. The number of nitrogens with zero attached hydrogens (tertiary/aromatic N) is 2. The van der Waals surface area contributed by atoms with E-state index >= 15 is 0 Å². The van der Waals surface area contributed by atoms with Gasteiger partial charge in [0.2, 0.25) is 0 Å². The number of carbonyl (C=O) groups excluding carboxylic acids is 1. The van der Waals surface area contributed by atoms with Crippen LogP contribution in [0.25, 0.3) is 0 Å². The van der Waals surface area contributed by atoms with E-state index in [0.717, 1.165) is 37.0 Å². The minimum atomic E-state index is -0.180. The summed E-state index contributed by atoms with van der Waals surface area (Å²) in [6.45, 7) is 2.03. The molecule has 0 aliphatic carbocycles. The van der Waals surface area contributed by atoms with Crippen LogP contribution in [-0.2, 0) is 17.6 Å². The Morgan fingerprint density at radius 3 is 2.57 bits per heavy atom. The van der Waals surface area contributed by atoms with E-state index < -0.39 is 0 Å². The van der Waals surface area contributed by atoms with Crippen LogP contribution < -0.4 is 10.1 Å². The van der Waals surface area contributed by atoms with Crippen LogP contribution in [0, 0.1) is 17.2 Å². The molecule has 5 heteroatoms. The van der Waals surface area contributed by atoms with Gasteiger partial charge in [0.15, 0.2) is 0 Å². The monoisotopic (exact) mass is 403 g/mol. The fourth-order valence-corrected chi connectivity index (χ4v) is 3.89. The van der Waals surface area contributed by atoms with Gasteiger partial charge in [-0.05, 0) is 48.8 Å². The van der Waals surface area contributed by atoms with Crippen molar-refractivity contribution in [2.24, 2.45) is 5.92 Å². The molecule has 3 rings (SSSR count). The number of methoxy groups -OCH3 is 1. The molecule has 1 aliphatic heterocycles. The highest BCUT2D eigenvalue weighted by molar-refractivity contribution is 5.97. The lowest BCUT2D eigenvalue weighted by Crippen LogP contribution is -2.39. The third-order valence-electron chi connectivity index (χ3n) is 5.60. The molecule has 0 bridgehead atoms. The molecule has 0 aromatic heterocycles. The van der Waals surface area contributed by atoms with E-state index in [0.29, 0.717) is 25.6 Å². The van der Waals surface area contributed by atoms with Crippen LogP contribution >= 0.6 is 0 Å². The van der Waals surface area contributed by atoms with E-state index in [1.807, 2.05) is 30.3 Å². The summed E-state index contributed by atoms with van der Waals surface area (Å²) >= 11 is 0. The average molecular weight is 404 g/mol. The van der Waals surface area contributed by atoms with Gasteiger partial charge in [0.1, 0.15) is 17.4 Å². The fraction of sp³-hybridized carbons (Fsp3) is 0.360. The first-order valence-corrected chi connectivity index (χ1v) is 10.5. The van der Waals surface area contributed by atoms with Crippen LogP contribution in [0.2, 0.25) is 0 Å². The highest BCUT2D eigenvalue weighted by Crippen LogP contribution is 2.22. The van der Waals surface area contributed by atoms with Crippen LogP contribution in [0.3, 0.4) is 0 Å². The first-order chi connectivity index (χ1) is 14.7. The SMILES string of the molecule is COc1ccccc1CCN/C=C(/C#N)C(=O)N1CCC(Cc2ccccc2)CC1. The fourth-order valence-electron chi connectivity index (χ4n) is 3.89. The third-order valence-corrected chi connectivity index (χ3v) is 5.60. The van der Waals surface area contributed by atoms with Gasteiger partial charge < -0.3 is 15.0 Å². The summed E-state index contributed by atoms with van der Waals surface area (Å²) in [7, 11) is 1.65. The number of piperidine rings is 1. The molecule has 5 nitrogen and oxygen atoms in total. The number of rotatable bonds is 8. The molecule has 156 valence electrons. The Hall–Kier alpha value is -3.26.